The SMILES string of the molecule is COCC(C)(C)C(=O)C(=O)[N+]1(S)CCCCC1C(=O)O. The molecule has 1 aliphatic rings. The standard InChI is InChI=1S/C13H21NO5S/c1-13(2,8-19-3)10(15)11(16)14(20)7-5-4-6-9(14)12(17)18/h9,20H,4-8H2,1-3H3/p+1. The molecule has 0 radical (unpaired) electrons. The number of nitrogens with zero attached hydrogens (tertiary/aromatic N) is 1. The largest absolute Gasteiger partial charge is 0.477 e. The third-order valence-corrected chi connectivity index (χ3v) is 4.35. The average Bonchev–Trinajstić information content (AvgIpc) is 2.37. The van der Waals surface area contributed by atoms with Crippen molar-refractivity contribution in [1.29, 1.82) is 0 Å². The van der Waals surface area contributed by atoms with Crippen LogP contribution in [0.3, 0.4) is 0 Å². The van der Waals surface area contributed by atoms with Gasteiger partial charge in [-0.3, -0.25) is 4.79 Å². The van der Waals surface area contributed by atoms with Crippen molar-refractivity contribution < 1.29 is 28.1 Å². The molecular weight excluding hydrogens is 282 g/mol. The monoisotopic (exact) mass is 304 g/mol. The third kappa shape index (κ3) is 3.21. The minimum absolute atomic E-state index is 0.100. The zero-order valence-electron chi connectivity index (χ0n) is 12.1. The van der Waals surface area contributed by atoms with Gasteiger partial charge < -0.3 is 9.84 Å². The average molecular weight is 304 g/mol. The zero-order chi connectivity index (χ0) is 15.6. The predicted octanol–water partition coefficient (Wildman–Crippen LogP) is 1.05. The topological polar surface area (TPSA) is 80.7 Å². The van der Waals surface area contributed by atoms with Crippen LogP contribution in [0.2, 0.25) is 0 Å². The Morgan fingerprint density at radius 3 is 2.45 bits per heavy atom. The number of carboxylic acids is 1. The highest BCUT2D eigenvalue weighted by atomic mass is 32.1. The van der Waals surface area contributed by atoms with Crippen LogP contribution in [0.25, 0.3) is 0 Å². The molecule has 1 amide bonds. The lowest BCUT2D eigenvalue weighted by molar-refractivity contribution is -0.736. The van der Waals surface area contributed by atoms with Gasteiger partial charge in [-0.05, 0) is 26.7 Å². The van der Waals surface area contributed by atoms with Crippen LogP contribution in [0.15, 0.2) is 0 Å². The lowest BCUT2D eigenvalue weighted by Gasteiger charge is -2.38. The summed E-state index contributed by atoms with van der Waals surface area (Å²) >= 11 is 4.26. The fraction of sp³-hybridized carbons (Fsp3) is 0.769. The van der Waals surface area contributed by atoms with Crippen LogP contribution in [0.4, 0.5) is 0 Å². The fourth-order valence-corrected chi connectivity index (χ4v) is 2.95. The first kappa shape index (κ1) is 17.1. The second-order valence-electron chi connectivity index (χ2n) is 5.85. The molecule has 2 unspecified atom stereocenters. The molecule has 2 atom stereocenters. The van der Waals surface area contributed by atoms with Crippen LogP contribution in [-0.4, -0.2) is 53.0 Å². The molecule has 0 aliphatic carbocycles. The van der Waals surface area contributed by atoms with Gasteiger partial charge in [-0.2, -0.15) is 3.89 Å². The van der Waals surface area contributed by atoms with Gasteiger partial charge in [0.1, 0.15) is 0 Å². The summed E-state index contributed by atoms with van der Waals surface area (Å²) in [6.07, 6.45) is 1.75. The van der Waals surface area contributed by atoms with Gasteiger partial charge in [0.15, 0.2) is 0 Å². The van der Waals surface area contributed by atoms with Gasteiger partial charge in [-0.1, -0.05) is 0 Å². The lowest BCUT2D eigenvalue weighted by atomic mass is 9.87. The van der Waals surface area contributed by atoms with E-state index >= 15 is 0 Å². The van der Waals surface area contributed by atoms with Gasteiger partial charge >= 0.3 is 11.9 Å². The molecule has 20 heavy (non-hydrogen) atoms. The number of rotatable bonds is 5. The van der Waals surface area contributed by atoms with E-state index in [9.17, 15) is 19.5 Å². The van der Waals surface area contributed by atoms with Crippen molar-refractivity contribution in [3.63, 3.8) is 0 Å². The summed E-state index contributed by atoms with van der Waals surface area (Å²) in [7, 11) is 1.45. The Kier molecular flexibility index (Phi) is 5.34. The van der Waals surface area contributed by atoms with Crippen LogP contribution in [0.5, 0.6) is 0 Å². The Morgan fingerprint density at radius 2 is 1.95 bits per heavy atom. The molecule has 1 N–H and O–H groups in total. The number of hydrogen-bond donors (Lipinski definition) is 2. The van der Waals surface area contributed by atoms with E-state index in [2.05, 4.69) is 12.8 Å². The van der Waals surface area contributed by atoms with E-state index in [0.717, 1.165) is 6.42 Å². The number of Topliss-reactive ketones (excluding diaryl/α,β-unsaturated/α-hetero) is 1. The third-order valence-electron chi connectivity index (χ3n) is 3.69. The molecular formula is C13H22NO5S+. The molecule has 0 aromatic carbocycles. The van der Waals surface area contributed by atoms with Crippen molar-refractivity contribution in [3.05, 3.63) is 0 Å². The van der Waals surface area contributed by atoms with Gasteiger partial charge in [0, 0.05) is 13.5 Å². The molecule has 0 saturated carbocycles. The molecule has 114 valence electrons. The fourth-order valence-electron chi connectivity index (χ4n) is 2.50. The Hall–Kier alpha value is -0.920. The van der Waals surface area contributed by atoms with E-state index in [1.165, 1.54) is 7.11 Å². The zero-order valence-corrected chi connectivity index (χ0v) is 13.0. The summed E-state index contributed by atoms with van der Waals surface area (Å²) < 4.78 is 4.31. The van der Waals surface area contributed by atoms with E-state index in [1.807, 2.05) is 0 Å². The van der Waals surface area contributed by atoms with E-state index in [4.69, 9.17) is 4.74 Å². The first-order chi connectivity index (χ1) is 9.16. The molecule has 0 aromatic heterocycles. The Labute approximate surface area is 124 Å². The van der Waals surface area contributed by atoms with Crippen LogP contribution in [-0.2, 0) is 19.1 Å². The van der Waals surface area contributed by atoms with Gasteiger partial charge in [0.05, 0.1) is 31.4 Å². The Morgan fingerprint density at radius 1 is 1.35 bits per heavy atom. The summed E-state index contributed by atoms with van der Waals surface area (Å²) in [6, 6.07) is -0.970. The van der Waals surface area contributed by atoms with Crippen LogP contribution in [0.1, 0.15) is 33.1 Å². The van der Waals surface area contributed by atoms with Crippen molar-refractivity contribution in [3.8, 4) is 0 Å². The number of ketones is 1. The van der Waals surface area contributed by atoms with Gasteiger partial charge in [0.25, 0.3) is 5.78 Å². The molecule has 1 aliphatic heterocycles. The molecule has 1 saturated heterocycles. The molecule has 1 heterocycles. The smallest absolute Gasteiger partial charge is 0.394 e. The summed E-state index contributed by atoms with van der Waals surface area (Å²) in [5.74, 6) is -2.49. The molecule has 0 spiro atoms. The van der Waals surface area contributed by atoms with Gasteiger partial charge in [-0.25, -0.2) is 9.59 Å². The van der Waals surface area contributed by atoms with Crippen molar-refractivity contribution in [1.82, 2.24) is 0 Å². The highest BCUT2D eigenvalue weighted by Crippen LogP contribution is 2.32. The number of carbonyl (C=O) groups excluding carboxylic acids is 2. The number of ether oxygens (including phenoxy) is 1. The maximum Gasteiger partial charge on any atom is 0.394 e. The number of carboxylic acid groups (broad SMARTS) is 1. The highest BCUT2D eigenvalue weighted by Gasteiger charge is 2.53. The molecule has 6 nitrogen and oxygen atoms in total. The van der Waals surface area contributed by atoms with E-state index in [-0.39, 0.29) is 13.2 Å². The summed E-state index contributed by atoms with van der Waals surface area (Å²) in [4.78, 5) is 36.1. The number of aliphatic carboxylic acids is 1. The number of piperidine rings is 1. The highest BCUT2D eigenvalue weighted by molar-refractivity contribution is 7.74. The maximum atomic E-state index is 12.5. The van der Waals surface area contributed by atoms with E-state index < -0.39 is 33.0 Å². The van der Waals surface area contributed by atoms with Crippen LogP contribution >= 0.6 is 12.8 Å². The number of methoxy groups -OCH3 is 1. The molecule has 1 fully saturated rings. The second kappa shape index (κ2) is 6.24. The predicted molar refractivity (Wildman–Crippen MR) is 75.1 cm³/mol. The number of thiol groups is 1. The number of amides is 1. The minimum atomic E-state index is -1.09. The molecule has 0 aromatic rings. The quantitative estimate of drug-likeness (QED) is 0.451. The molecule has 7 heteroatoms. The van der Waals surface area contributed by atoms with E-state index in [0.29, 0.717) is 12.8 Å². The number of carbonyl (C=O) groups is 3. The Bertz CT molecular complexity index is 423. The summed E-state index contributed by atoms with van der Waals surface area (Å²) in [6.45, 7) is 3.57. The molecule has 0 bridgehead atoms. The van der Waals surface area contributed by atoms with Gasteiger partial charge in [-0.15, -0.1) is 0 Å². The normalized spacial score (nSPS) is 27.1. The van der Waals surface area contributed by atoms with Crippen molar-refractivity contribution in [2.45, 2.75) is 39.2 Å². The second-order valence-corrected chi connectivity index (χ2v) is 6.57. The summed E-state index contributed by atoms with van der Waals surface area (Å²) in [5, 5.41) is 9.26. The first-order valence-corrected chi connectivity index (χ1v) is 6.98. The Balaban J connectivity index is 3.03. The van der Waals surface area contributed by atoms with E-state index in [1.54, 1.807) is 13.8 Å². The van der Waals surface area contributed by atoms with Crippen LogP contribution < -0.4 is 0 Å². The minimum Gasteiger partial charge on any atom is -0.477 e. The maximum absolute atomic E-state index is 12.5. The van der Waals surface area contributed by atoms with Crippen molar-refractivity contribution >= 4 is 30.5 Å². The number of quaternary nitrogens is 1. The van der Waals surface area contributed by atoms with Crippen LogP contribution in [0, 0.1) is 5.41 Å². The molecule has 1 rings (SSSR count). The van der Waals surface area contributed by atoms with Crippen molar-refractivity contribution in [2.24, 2.45) is 5.41 Å². The lowest BCUT2D eigenvalue weighted by Crippen LogP contribution is -2.61. The number of hydrogen-bond acceptors (Lipinski definition) is 5. The summed E-state index contributed by atoms with van der Waals surface area (Å²) in [5.41, 5.74) is -0.986. The number of likely N-dealkylation sites (tertiary alicyclic amines) is 1. The van der Waals surface area contributed by atoms with Crippen molar-refractivity contribution in [2.75, 3.05) is 20.3 Å². The first-order valence-electron chi connectivity index (χ1n) is 6.58. The van der Waals surface area contributed by atoms with Gasteiger partial charge in [0.2, 0.25) is 6.04 Å².